The van der Waals surface area contributed by atoms with E-state index < -0.39 is 0 Å². The van der Waals surface area contributed by atoms with Gasteiger partial charge in [-0.25, -0.2) is 0 Å². The first-order valence-electron chi connectivity index (χ1n) is 10.2. The van der Waals surface area contributed by atoms with Crippen LogP contribution in [0.1, 0.15) is 80.6 Å². The number of ether oxygens (including phenoxy) is 1. The largest absolute Gasteiger partial charge is 0.459 e. The highest BCUT2D eigenvalue weighted by molar-refractivity contribution is 5.84. The van der Waals surface area contributed by atoms with Gasteiger partial charge in [-0.15, -0.1) is 0 Å². The van der Waals surface area contributed by atoms with Gasteiger partial charge in [0.05, 0.1) is 5.92 Å². The third-order valence-electron chi connectivity index (χ3n) is 8.86. The Hall–Kier alpha value is -0.860. The fourth-order valence-corrected chi connectivity index (χ4v) is 6.86. The lowest BCUT2D eigenvalue weighted by atomic mass is 9.64. The van der Waals surface area contributed by atoms with Gasteiger partial charge in [0.15, 0.2) is 0 Å². The highest BCUT2D eigenvalue weighted by Crippen LogP contribution is 2.73. The lowest BCUT2D eigenvalue weighted by Crippen LogP contribution is -2.48. The second-order valence-electron chi connectivity index (χ2n) is 10.3. The minimum Gasteiger partial charge on any atom is -0.459 e. The van der Waals surface area contributed by atoms with E-state index in [0.717, 1.165) is 18.3 Å². The summed E-state index contributed by atoms with van der Waals surface area (Å²) in [5.74, 6) is 1.19. The van der Waals surface area contributed by atoms with Crippen LogP contribution in [-0.4, -0.2) is 17.4 Å². The zero-order valence-corrected chi connectivity index (χ0v) is 17.1. The topological polar surface area (TPSA) is 43.4 Å². The molecule has 0 heterocycles. The van der Waals surface area contributed by atoms with E-state index in [1.54, 1.807) is 6.92 Å². The number of carbonyl (C=O) groups is 2. The molecule has 7 unspecified atom stereocenters. The lowest BCUT2D eigenvalue weighted by molar-refractivity contribution is -0.180. The second-order valence-corrected chi connectivity index (χ2v) is 10.3. The predicted octanol–water partition coefficient (Wildman–Crippen LogP) is 5.02. The minimum absolute atomic E-state index is 0.0572. The summed E-state index contributed by atoms with van der Waals surface area (Å²) in [6.45, 7) is 14.6. The van der Waals surface area contributed by atoms with Crippen LogP contribution in [0, 0.1) is 40.4 Å². The third kappa shape index (κ3) is 2.59. The van der Waals surface area contributed by atoms with E-state index in [2.05, 4.69) is 27.7 Å². The lowest BCUT2D eigenvalue weighted by Gasteiger charge is -2.47. The smallest absolute Gasteiger partial charge is 0.309 e. The molecule has 0 amide bonds. The first kappa shape index (κ1) is 18.9. The maximum Gasteiger partial charge on any atom is 0.309 e. The van der Waals surface area contributed by atoms with Crippen molar-refractivity contribution in [1.29, 1.82) is 0 Å². The van der Waals surface area contributed by atoms with Crippen molar-refractivity contribution >= 4 is 11.8 Å². The maximum atomic E-state index is 12.8. The Morgan fingerprint density at radius 1 is 1.00 bits per heavy atom. The summed E-state index contributed by atoms with van der Waals surface area (Å²) in [5.41, 5.74) is 0.296. The van der Waals surface area contributed by atoms with Crippen LogP contribution in [0.5, 0.6) is 0 Å². The number of hydrogen-bond acceptors (Lipinski definition) is 3. The van der Waals surface area contributed by atoms with Crippen molar-refractivity contribution in [2.75, 3.05) is 0 Å². The third-order valence-corrected chi connectivity index (χ3v) is 8.86. The molecule has 0 saturated heterocycles. The van der Waals surface area contributed by atoms with Gasteiger partial charge in [0, 0.05) is 11.8 Å². The van der Waals surface area contributed by atoms with E-state index in [4.69, 9.17) is 4.74 Å². The monoisotopic (exact) mass is 348 g/mol. The number of hydrogen-bond donors (Lipinski definition) is 0. The molecule has 1 spiro atoms. The molecule has 0 aromatic heterocycles. The molecule has 3 saturated carbocycles. The molecule has 3 aliphatic rings. The molecule has 0 N–H and O–H groups in total. The quantitative estimate of drug-likeness (QED) is 0.670. The van der Waals surface area contributed by atoms with Gasteiger partial charge in [-0.3, -0.25) is 9.59 Å². The Kier molecular flexibility index (Phi) is 4.41. The number of fused-ring (bicyclic) bond motifs is 1. The summed E-state index contributed by atoms with van der Waals surface area (Å²) >= 11 is 0. The van der Waals surface area contributed by atoms with Gasteiger partial charge in [-0.1, -0.05) is 34.6 Å². The van der Waals surface area contributed by atoms with Gasteiger partial charge in [-0.05, 0) is 68.6 Å². The first-order valence-corrected chi connectivity index (χ1v) is 10.2. The number of carbonyl (C=O) groups excluding carboxylic acids is 2. The van der Waals surface area contributed by atoms with E-state index in [0.29, 0.717) is 11.3 Å². The van der Waals surface area contributed by atoms with Crippen LogP contribution in [0.4, 0.5) is 0 Å². The summed E-state index contributed by atoms with van der Waals surface area (Å²) in [6, 6.07) is 0. The molecule has 7 atom stereocenters. The number of esters is 1. The van der Waals surface area contributed by atoms with Gasteiger partial charge in [0.25, 0.3) is 0 Å². The second kappa shape index (κ2) is 5.82. The average Bonchev–Trinajstić information content (AvgIpc) is 2.95. The van der Waals surface area contributed by atoms with Crippen LogP contribution in [-0.2, 0) is 14.3 Å². The summed E-state index contributed by atoms with van der Waals surface area (Å²) in [7, 11) is 0. The Morgan fingerprint density at radius 3 is 2.24 bits per heavy atom. The van der Waals surface area contributed by atoms with Crippen LogP contribution in [0.25, 0.3) is 0 Å². The number of Topliss-reactive ketones (excluding diaryl/α,β-unsaturated/α-hetero) is 1. The molecule has 3 rings (SSSR count). The van der Waals surface area contributed by atoms with Gasteiger partial charge in [0.2, 0.25) is 0 Å². The highest BCUT2D eigenvalue weighted by atomic mass is 16.6. The van der Waals surface area contributed by atoms with E-state index in [9.17, 15) is 9.59 Å². The van der Waals surface area contributed by atoms with Crippen molar-refractivity contribution in [1.82, 2.24) is 0 Å². The van der Waals surface area contributed by atoms with Crippen molar-refractivity contribution in [3.63, 3.8) is 0 Å². The van der Waals surface area contributed by atoms with Crippen LogP contribution >= 0.6 is 0 Å². The van der Waals surface area contributed by atoms with Gasteiger partial charge < -0.3 is 4.74 Å². The van der Waals surface area contributed by atoms with Crippen LogP contribution in [0.3, 0.4) is 0 Å². The Bertz CT molecular complexity index is 580. The zero-order chi connectivity index (χ0) is 18.8. The summed E-state index contributed by atoms with van der Waals surface area (Å²) in [5, 5.41) is 0. The SMILES string of the molecule is CC(=O)C(C)C(C)C(=O)OC1(C)CCC23CC1C(C)(C)C2CCC3C. The zero-order valence-electron chi connectivity index (χ0n) is 17.1. The van der Waals surface area contributed by atoms with Crippen molar-refractivity contribution in [2.24, 2.45) is 40.4 Å². The van der Waals surface area contributed by atoms with Gasteiger partial charge >= 0.3 is 5.97 Å². The summed E-state index contributed by atoms with van der Waals surface area (Å²) in [6.07, 6.45) is 6.03. The molecule has 3 fully saturated rings. The van der Waals surface area contributed by atoms with E-state index in [-0.39, 0.29) is 34.6 Å². The molecule has 0 aliphatic heterocycles. The van der Waals surface area contributed by atoms with Crippen molar-refractivity contribution in [2.45, 2.75) is 86.2 Å². The first-order chi connectivity index (χ1) is 11.5. The molecule has 0 aromatic carbocycles. The van der Waals surface area contributed by atoms with E-state index in [1.165, 1.54) is 25.7 Å². The Balaban J connectivity index is 1.82. The molecule has 0 radical (unpaired) electrons. The molecular weight excluding hydrogens is 312 g/mol. The average molecular weight is 349 g/mol. The van der Waals surface area contributed by atoms with Crippen molar-refractivity contribution < 1.29 is 14.3 Å². The maximum absolute atomic E-state index is 12.8. The Morgan fingerprint density at radius 2 is 1.64 bits per heavy atom. The van der Waals surface area contributed by atoms with Crippen LogP contribution < -0.4 is 0 Å². The van der Waals surface area contributed by atoms with Crippen LogP contribution in [0.15, 0.2) is 0 Å². The summed E-state index contributed by atoms with van der Waals surface area (Å²) in [4.78, 5) is 24.4. The van der Waals surface area contributed by atoms with Crippen molar-refractivity contribution in [3.8, 4) is 0 Å². The van der Waals surface area contributed by atoms with E-state index in [1.807, 2.05) is 13.8 Å². The molecule has 3 heteroatoms. The molecule has 2 bridgehead atoms. The highest BCUT2D eigenvalue weighted by Gasteiger charge is 2.69. The Labute approximate surface area is 153 Å². The standard InChI is InChI=1S/C22H36O3/c1-13-8-9-17-20(5,6)18-12-22(13,17)11-10-21(18,7)25-19(24)15(3)14(2)16(4)23/h13-15,17-18H,8-12H2,1-7H3. The molecule has 3 aliphatic carbocycles. The number of rotatable bonds is 4. The predicted molar refractivity (Wildman–Crippen MR) is 98.9 cm³/mol. The van der Waals surface area contributed by atoms with Crippen LogP contribution in [0.2, 0.25) is 0 Å². The molecule has 25 heavy (non-hydrogen) atoms. The van der Waals surface area contributed by atoms with Crippen molar-refractivity contribution in [3.05, 3.63) is 0 Å². The van der Waals surface area contributed by atoms with Gasteiger partial charge in [-0.2, -0.15) is 0 Å². The normalized spacial score (nSPS) is 44.0. The minimum atomic E-state index is -0.388. The van der Waals surface area contributed by atoms with Gasteiger partial charge in [0.1, 0.15) is 11.4 Å². The molecule has 142 valence electrons. The molecular formula is C22H36O3. The fourth-order valence-electron chi connectivity index (χ4n) is 6.86. The summed E-state index contributed by atoms with van der Waals surface area (Å²) < 4.78 is 6.18. The molecule has 3 nitrogen and oxygen atoms in total. The fraction of sp³-hybridized carbons (Fsp3) is 0.909. The van der Waals surface area contributed by atoms with E-state index >= 15 is 0 Å². The number of ketones is 1. The molecule has 0 aromatic rings.